The molecule has 2 heterocycles. The van der Waals surface area contributed by atoms with Gasteiger partial charge in [-0.15, -0.1) is 22.7 Å². The van der Waals surface area contributed by atoms with E-state index in [-0.39, 0.29) is 11.9 Å². The molecule has 1 aliphatic carbocycles. The minimum atomic E-state index is -0.129. The van der Waals surface area contributed by atoms with Crippen molar-refractivity contribution in [1.29, 1.82) is 0 Å². The van der Waals surface area contributed by atoms with Crippen LogP contribution in [0.4, 0.5) is 0 Å². The molecule has 0 aromatic carbocycles. The topological polar surface area (TPSA) is 39.2 Å². The van der Waals surface area contributed by atoms with Crippen LogP contribution in [0.15, 0.2) is 17.5 Å². The fourth-order valence-electron chi connectivity index (χ4n) is 1.48. The number of aryl methyl sites for hydroxylation is 1. The van der Waals surface area contributed by atoms with Gasteiger partial charge in [0.2, 0.25) is 5.88 Å². The minimum Gasteiger partial charge on any atom is -0.406 e. The normalized spacial score (nSPS) is 14.9. The smallest absolute Gasteiger partial charge is 0.315 e. The lowest BCUT2D eigenvalue weighted by Gasteiger charge is -1.98. The number of ether oxygens (including phenoxy) is 1. The van der Waals surface area contributed by atoms with Crippen LogP contribution >= 0.6 is 22.7 Å². The van der Waals surface area contributed by atoms with Crippen molar-refractivity contribution in [3.05, 3.63) is 22.4 Å². The largest absolute Gasteiger partial charge is 0.406 e. The van der Waals surface area contributed by atoms with E-state index in [9.17, 15) is 4.79 Å². The highest BCUT2D eigenvalue weighted by Crippen LogP contribution is 2.36. The number of carbonyl (C=O) groups excluding carboxylic acids is 1. The van der Waals surface area contributed by atoms with Crippen molar-refractivity contribution < 1.29 is 9.53 Å². The molecule has 17 heavy (non-hydrogen) atoms. The van der Waals surface area contributed by atoms with E-state index in [1.807, 2.05) is 24.4 Å². The Balaban J connectivity index is 1.83. The fourth-order valence-corrected chi connectivity index (χ4v) is 3.12. The molecular formula is C12H11NO2S2. The lowest BCUT2D eigenvalue weighted by Crippen LogP contribution is -2.10. The maximum Gasteiger partial charge on any atom is 0.315 e. The summed E-state index contributed by atoms with van der Waals surface area (Å²) in [6.45, 7) is 1.93. The number of aromatic nitrogens is 1. The van der Waals surface area contributed by atoms with E-state index < -0.39 is 0 Å². The first-order chi connectivity index (χ1) is 8.24. The van der Waals surface area contributed by atoms with Crippen LogP contribution in [0.2, 0.25) is 0 Å². The Hall–Kier alpha value is -1.20. The van der Waals surface area contributed by atoms with E-state index in [1.54, 1.807) is 22.7 Å². The summed E-state index contributed by atoms with van der Waals surface area (Å²) in [4.78, 5) is 18.0. The number of rotatable bonds is 3. The van der Waals surface area contributed by atoms with Crippen LogP contribution in [0.5, 0.6) is 5.88 Å². The zero-order valence-corrected chi connectivity index (χ0v) is 10.9. The summed E-state index contributed by atoms with van der Waals surface area (Å²) in [5.74, 6) is 0.465. The molecule has 0 unspecified atom stereocenters. The maximum absolute atomic E-state index is 11.6. The van der Waals surface area contributed by atoms with Gasteiger partial charge in [0.15, 0.2) is 0 Å². The number of hydrogen-bond acceptors (Lipinski definition) is 5. The third kappa shape index (κ3) is 2.25. The van der Waals surface area contributed by atoms with E-state index >= 15 is 0 Å². The second kappa shape index (κ2) is 4.23. The minimum absolute atomic E-state index is 0.112. The Morgan fingerprint density at radius 2 is 2.35 bits per heavy atom. The predicted molar refractivity (Wildman–Crippen MR) is 68.5 cm³/mol. The molecule has 3 rings (SSSR count). The van der Waals surface area contributed by atoms with Crippen molar-refractivity contribution in [3.63, 3.8) is 0 Å². The summed E-state index contributed by atoms with van der Waals surface area (Å²) in [5, 5.41) is 2.94. The molecule has 88 valence electrons. The molecule has 5 heteroatoms. The summed E-state index contributed by atoms with van der Waals surface area (Å²) < 4.78 is 5.31. The van der Waals surface area contributed by atoms with Crippen molar-refractivity contribution in [2.24, 2.45) is 5.92 Å². The van der Waals surface area contributed by atoms with E-state index in [4.69, 9.17) is 4.74 Å². The van der Waals surface area contributed by atoms with Crippen LogP contribution in [0.1, 0.15) is 17.7 Å². The first-order valence-corrected chi connectivity index (χ1v) is 7.16. The molecule has 0 spiro atoms. The second-order valence-electron chi connectivity index (χ2n) is 4.05. The van der Waals surface area contributed by atoms with Gasteiger partial charge in [-0.1, -0.05) is 6.07 Å². The van der Waals surface area contributed by atoms with E-state index in [0.717, 1.165) is 27.6 Å². The Morgan fingerprint density at radius 1 is 1.53 bits per heavy atom. The fraction of sp³-hybridized carbons (Fsp3) is 0.333. The molecule has 0 N–H and O–H groups in total. The van der Waals surface area contributed by atoms with Gasteiger partial charge in [0.25, 0.3) is 0 Å². The van der Waals surface area contributed by atoms with Crippen molar-refractivity contribution in [2.45, 2.75) is 19.8 Å². The van der Waals surface area contributed by atoms with Gasteiger partial charge in [-0.3, -0.25) is 4.79 Å². The van der Waals surface area contributed by atoms with Crippen LogP contribution in [-0.2, 0) is 4.79 Å². The second-order valence-corrected chi connectivity index (χ2v) is 6.20. The summed E-state index contributed by atoms with van der Waals surface area (Å²) in [7, 11) is 0. The van der Waals surface area contributed by atoms with Gasteiger partial charge in [0.05, 0.1) is 15.7 Å². The standard InChI is InChI=1S/C12H11NO2S2/c1-7-10(15-12(14)8-4-5-8)13-11(17-7)9-3-2-6-16-9/h2-3,6,8H,4-5H2,1H3. The van der Waals surface area contributed by atoms with Crippen LogP contribution in [-0.4, -0.2) is 11.0 Å². The van der Waals surface area contributed by atoms with Gasteiger partial charge < -0.3 is 4.74 Å². The molecule has 0 saturated heterocycles. The van der Waals surface area contributed by atoms with Crippen LogP contribution in [0.3, 0.4) is 0 Å². The van der Waals surface area contributed by atoms with Crippen molar-refractivity contribution >= 4 is 28.6 Å². The molecule has 3 nitrogen and oxygen atoms in total. The van der Waals surface area contributed by atoms with E-state index in [2.05, 4.69) is 4.98 Å². The quantitative estimate of drug-likeness (QED) is 0.797. The van der Waals surface area contributed by atoms with Gasteiger partial charge in [-0.25, -0.2) is 4.98 Å². The molecule has 0 radical (unpaired) electrons. The zero-order valence-electron chi connectivity index (χ0n) is 9.30. The van der Waals surface area contributed by atoms with Gasteiger partial charge in [-0.2, -0.15) is 0 Å². The van der Waals surface area contributed by atoms with Crippen molar-refractivity contribution in [2.75, 3.05) is 0 Å². The molecule has 0 atom stereocenters. The SMILES string of the molecule is Cc1sc(-c2cccs2)nc1OC(=O)C1CC1. The third-order valence-corrected chi connectivity index (χ3v) is 4.59. The zero-order chi connectivity index (χ0) is 11.8. The van der Waals surface area contributed by atoms with Crippen LogP contribution in [0, 0.1) is 12.8 Å². The predicted octanol–water partition coefficient (Wildman–Crippen LogP) is 3.50. The first kappa shape index (κ1) is 10.9. The third-order valence-electron chi connectivity index (χ3n) is 2.59. The van der Waals surface area contributed by atoms with Gasteiger partial charge in [-0.05, 0) is 31.2 Å². The highest BCUT2D eigenvalue weighted by Gasteiger charge is 2.32. The number of nitrogens with zero attached hydrogens (tertiary/aromatic N) is 1. The lowest BCUT2D eigenvalue weighted by atomic mass is 10.4. The summed E-state index contributed by atoms with van der Waals surface area (Å²) in [6.07, 6.45) is 1.92. The van der Waals surface area contributed by atoms with E-state index in [0.29, 0.717) is 5.88 Å². The first-order valence-electron chi connectivity index (χ1n) is 5.47. The number of esters is 1. The Labute approximate surface area is 107 Å². The number of thiazole rings is 1. The Morgan fingerprint density at radius 3 is 3.00 bits per heavy atom. The molecule has 1 aliphatic rings. The average Bonchev–Trinajstić information content (AvgIpc) is 2.90. The summed E-state index contributed by atoms with van der Waals surface area (Å²) in [5.41, 5.74) is 0. The van der Waals surface area contributed by atoms with Gasteiger partial charge >= 0.3 is 5.97 Å². The Kier molecular flexibility index (Phi) is 2.72. The molecule has 0 amide bonds. The average molecular weight is 265 g/mol. The van der Waals surface area contributed by atoms with Crippen LogP contribution in [0.25, 0.3) is 9.88 Å². The van der Waals surface area contributed by atoms with Crippen molar-refractivity contribution in [3.8, 4) is 15.8 Å². The molecule has 2 aromatic rings. The van der Waals surface area contributed by atoms with E-state index in [1.165, 1.54) is 0 Å². The summed E-state index contributed by atoms with van der Waals surface area (Å²) in [6, 6.07) is 4.02. The van der Waals surface area contributed by atoms with Gasteiger partial charge in [0.1, 0.15) is 5.01 Å². The molecule has 2 aromatic heterocycles. The molecular weight excluding hydrogens is 254 g/mol. The molecule has 0 aliphatic heterocycles. The highest BCUT2D eigenvalue weighted by atomic mass is 32.1. The Bertz CT molecular complexity index is 541. The molecule has 1 saturated carbocycles. The molecule has 1 fully saturated rings. The summed E-state index contributed by atoms with van der Waals surface area (Å²) >= 11 is 3.21. The van der Waals surface area contributed by atoms with Gasteiger partial charge in [0, 0.05) is 0 Å². The number of thiophene rings is 1. The number of hydrogen-bond donors (Lipinski definition) is 0. The monoisotopic (exact) mass is 265 g/mol. The highest BCUT2D eigenvalue weighted by molar-refractivity contribution is 7.21. The lowest BCUT2D eigenvalue weighted by molar-refractivity contribution is -0.136. The number of carbonyl (C=O) groups is 1. The maximum atomic E-state index is 11.6. The van der Waals surface area contributed by atoms with Crippen molar-refractivity contribution in [1.82, 2.24) is 4.98 Å². The molecule has 0 bridgehead atoms. The van der Waals surface area contributed by atoms with Crippen LogP contribution < -0.4 is 4.74 Å².